The van der Waals surface area contributed by atoms with Gasteiger partial charge in [-0.05, 0) is 43.9 Å². The summed E-state index contributed by atoms with van der Waals surface area (Å²) in [6, 6.07) is 7.99. The van der Waals surface area contributed by atoms with Crippen molar-refractivity contribution in [3.63, 3.8) is 0 Å². The summed E-state index contributed by atoms with van der Waals surface area (Å²) in [5.74, 6) is 1.59. The molecule has 4 rings (SSSR count). The molecule has 2 aromatic rings. The highest BCUT2D eigenvalue weighted by Crippen LogP contribution is 2.37. The van der Waals surface area contributed by atoms with Crippen LogP contribution in [0, 0.1) is 5.92 Å². The number of nitrogens with zero attached hydrogens (tertiary/aromatic N) is 4. The molecule has 1 aromatic heterocycles. The van der Waals surface area contributed by atoms with E-state index in [9.17, 15) is 4.79 Å². The summed E-state index contributed by atoms with van der Waals surface area (Å²) in [6.45, 7) is 3.47. The number of rotatable bonds is 5. The Hall–Kier alpha value is -2.71. The zero-order valence-electron chi connectivity index (χ0n) is 18.8. The minimum absolute atomic E-state index is 0.0622. The number of piperidine rings is 1. The van der Waals surface area contributed by atoms with Gasteiger partial charge in [-0.3, -0.25) is 15.6 Å². The number of hydrazine groups is 1. The lowest BCUT2D eigenvalue weighted by molar-refractivity contribution is -0.139. The minimum atomic E-state index is -0.0693. The number of carbonyl (C=O) groups is 1. The van der Waals surface area contributed by atoms with Gasteiger partial charge < -0.3 is 14.5 Å². The maximum atomic E-state index is 13.5. The third kappa shape index (κ3) is 4.36. The number of nitrogens with one attached hydrogen (secondary N) is 2. The Morgan fingerprint density at radius 2 is 2.00 bits per heavy atom. The largest absolute Gasteiger partial charge is 0.497 e. The molecule has 2 fully saturated rings. The Morgan fingerprint density at radius 1 is 1.23 bits per heavy atom. The molecule has 31 heavy (non-hydrogen) atoms. The zero-order valence-corrected chi connectivity index (χ0v) is 18.8. The summed E-state index contributed by atoms with van der Waals surface area (Å²) in [5.41, 5.74) is 9.21. The average Bonchev–Trinajstić information content (AvgIpc) is 3.24. The Bertz CT molecular complexity index is 917. The third-order valence-electron chi connectivity index (χ3n) is 6.28. The molecule has 1 aromatic carbocycles. The van der Waals surface area contributed by atoms with Gasteiger partial charge >= 0.3 is 0 Å². The number of likely N-dealkylation sites (tertiary alicyclic amines) is 1. The van der Waals surface area contributed by atoms with Gasteiger partial charge in [0.15, 0.2) is 0 Å². The van der Waals surface area contributed by atoms with Crippen molar-refractivity contribution in [3.05, 3.63) is 36.2 Å². The van der Waals surface area contributed by atoms with Crippen LogP contribution < -0.4 is 20.5 Å². The normalized spacial score (nSPS) is 23.6. The van der Waals surface area contributed by atoms with Crippen molar-refractivity contribution in [3.8, 4) is 16.9 Å². The first kappa shape index (κ1) is 21.5. The topological polar surface area (TPSA) is 82.6 Å². The molecule has 8 nitrogen and oxygen atoms in total. The van der Waals surface area contributed by atoms with Crippen LogP contribution >= 0.6 is 0 Å². The van der Waals surface area contributed by atoms with Crippen LogP contribution in [0.2, 0.25) is 0 Å². The Labute approximate surface area is 184 Å². The summed E-state index contributed by atoms with van der Waals surface area (Å²) in [7, 11) is 5.54. The van der Waals surface area contributed by atoms with Gasteiger partial charge in [-0.25, -0.2) is 9.97 Å². The molecule has 0 bridgehead atoms. The van der Waals surface area contributed by atoms with E-state index in [1.807, 2.05) is 54.4 Å². The van der Waals surface area contributed by atoms with E-state index >= 15 is 0 Å². The maximum Gasteiger partial charge on any atom is 0.229 e. The predicted octanol–water partition coefficient (Wildman–Crippen LogP) is 2.38. The standard InChI is InChI=1S/C23H32N6O2/c1-15-18(14-25-27-15)22(30)29-12-6-5-7-20(29)21-19(13-24-23(26-21)28(2)3)16-8-10-17(31-4)11-9-16/h8-11,13,15,18,20,25,27H,5-7,12,14H2,1-4H3. The number of anilines is 1. The molecule has 3 atom stereocenters. The van der Waals surface area contributed by atoms with Crippen molar-refractivity contribution < 1.29 is 9.53 Å². The van der Waals surface area contributed by atoms with Crippen LogP contribution in [0.1, 0.15) is 37.9 Å². The first-order valence-corrected chi connectivity index (χ1v) is 11.0. The molecular formula is C23H32N6O2. The van der Waals surface area contributed by atoms with Gasteiger partial charge in [-0.15, -0.1) is 0 Å². The number of carbonyl (C=O) groups excluding carboxylic acids is 1. The Balaban J connectivity index is 1.75. The second-order valence-corrected chi connectivity index (χ2v) is 8.56. The summed E-state index contributed by atoms with van der Waals surface area (Å²) in [6.07, 6.45) is 4.89. The highest BCUT2D eigenvalue weighted by Gasteiger charge is 2.38. The fraction of sp³-hybridized carbons (Fsp3) is 0.522. The number of ether oxygens (including phenoxy) is 1. The lowest BCUT2D eigenvalue weighted by atomic mass is 9.91. The van der Waals surface area contributed by atoms with Crippen LogP contribution in [0.4, 0.5) is 5.95 Å². The third-order valence-corrected chi connectivity index (χ3v) is 6.28. The molecule has 2 aliphatic heterocycles. The van der Waals surface area contributed by atoms with Crippen LogP contribution in [-0.4, -0.2) is 61.1 Å². The smallest absolute Gasteiger partial charge is 0.229 e. The number of amides is 1. The van der Waals surface area contributed by atoms with Crippen LogP contribution in [0.25, 0.3) is 11.1 Å². The Morgan fingerprint density at radius 3 is 2.65 bits per heavy atom. The fourth-order valence-electron chi connectivity index (χ4n) is 4.45. The van der Waals surface area contributed by atoms with Crippen LogP contribution in [0.3, 0.4) is 0 Å². The lowest BCUT2D eigenvalue weighted by Crippen LogP contribution is -2.45. The summed E-state index contributed by atoms with van der Waals surface area (Å²) in [4.78, 5) is 27.0. The number of aromatic nitrogens is 2. The van der Waals surface area contributed by atoms with E-state index in [-0.39, 0.29) is 23.9 Å². The minimum Gasteiger partial charge on any atom is -0.497 e. The van der Waals surface area contributed by atoms with Gasteiger partial charge in [0.25, 0.3) is 0 Å². The predicted molar refractivity (Wildman–Crippen MR) is 121 cm³/mol. The molecule has 2 aliphatic rings. The van der Waals surface area contributed by atoms with Crippen molar-refractivity contribution in [2.24, 2.45) is 5.92 Å². The number of hydrogen-bond acceptors (Lipinski definition) is 7. The highest BCUT2D eigenvalue weighted by atomic mass is 16.5. The second-order valence-electron chi connectivity index (χ2n) is 8.56. The number of methoxy groups -OCH3 is 1. The first-order chi connectivity index (χ1) is 15.0. The molecule has 2 saturated heterocycles. The molecule has 3 heterocycles. The monoisotopic (exact) mass is 424 g/mol. The van der Waals surface area contributed by atoms with Crippen molar-refractivity contribution in [2.75, 3.05) is 39.2 Å². The van der Waals surface area contributed by atoms with Crippen molar-refractivity contribution in [1.29, 1.82) is 0 Å². The molecule has 2 N–H and O–H groups in total. The van der Waals surface area contributed by atoms with Crippen molar-refractivity contribution >= 4 is 11.9 Å². The van der Waals surface area contributed by atoms with E-state index in [1.54, 1.807) is 7.11 Å². The molecular weight excluding hydrogens is 392 g/mol. The van der Waals surface area contributed by atoms with E-state index in [0.717, 1.165) is 48.4 Å². The number of hydrogen-bond donors (Lipinski definition) is 2. The number of benzene rings is 1. The molecule has 1 amide bonds. The van der Waals surface area contributed by atoms with Crippen LogP contribution in [0.5, 0.6) is 5.75 Å². The van der Waals surface area contributed by atoms with E-state index in [4.69, 9.17) is 9.72 Å². The summed E-state index contributed by atoms with van der Waals surface area (Å²) < 4.78 is 5.32. The molecule has 8 heteroatoms. The first-order valence-electron chi connectivity index (χ1n) is 11.0. The average molecular weight is 425 g/mol. The van der Waals surface area contributed by atoms with Gasteiger partial charge in [0.1, 0.15) is 5.75 Å². The molecule has 0 radical (unpaired) electrons. The van der Waals surface area contributed by atoms with E-state index in [0.29, 0.717) is 12.5 Å². The van der Waals surface area contributed by atoms with Crippen LogP contribution in [0.15, 0.2) is 30.5 Å². The second kappa shape index (κ2) is 9.20. The van der Waals surface area contributed by atoms with E-state index in [1.165, 1.54) is 0 Å². The van der Waals surface area contributed by atoms with E-state index in [2.05, 4.69) is 22.8 Å². The van der Waals surface area contributed by atoms with Gasteiger partial charge in [0.2, 0.25) is 11.9 Å². The van der Waals surface area contributed by atoms with Gasteiger partial charge in [0, 0.05) is 45.0 Å². The van der Waals surface area contributed by atoms with Gasteiger partial charge in [-0.1, -0.05) is 12.1 Å². The quantitative estimate of drug-likeness (QED) is 0.763. The SMILES string of the molecule is COc1ccc(-c2cnc(N(C)C)nc2C2CCCCN2C(=O)C2CNNC2C)cc1. The Kier molecular flexibility index (Phi) is 6.38. The molecule has 0 spiro atoms. The maximum absolute atomic E-state index is 13.5. The molecule has 0 aliphatic carbocycles. The summed E-state index contributed by atoms with van der Waals surface area (Å²) >= 11 is 0. The van der Waals surface area contributed by atoms with Crippen LogP contribution in [-0.2, 0) is 4.79 Å². The molecule has 0 saturated carbocycles. The molecule has 3 unspecified atom stereocenters. The van der Waals surface area contributed by atoms with Crippen molar-refractivity contribution in [1.82, 2.24) is 25.7 Å². The van der Waals surface area contributed by atoms with E-state index < -0.39 is 0 Å². The zero-order chi connectivity index (χ0) is 22.0. The molecule has 166 valence electrons. The highest BCUT2D eigenvalue weighted by molar-refractivity contribution is 5.81. The van der Waals surface area contributed by atoms with Gasteiger partial charge in [0.05, 0.1) is 24.8 Å². The summed E-state index contributed by atoms with van der Waals surface area (Å²) in [5, 5.41) is 0. The lowest BCUT2D eigenvalue weighted by Gasteiger charge is -2.38. The van der Waals surface area contributed by atoms with Gasteiger partial charge in [-0.2, -0.15) is 0 Å². The fourth-order valence-corrected chi connectivity index (χ4v) is 4.45. The van der Waals surface area contributed by atoms with Crippen molar-refractivity contribution in [2.45, 2.75) is 38.3 Å².